The van der Waals surface area contributed by atoms with Crippen LogP contribution in [0.5, 0.6) is 0 Å². The van der Waals surface area contributed by atoms with E-state index in [1.807, 2.05) is 0 Å². The predicted octanol–water partition coefficient (Wildman–Crippen LogP) is 2.18. The molecule has 1 unspecified atom stereocenters. The number of piperidine rings is 1. The second-order valence-electron chi connectivity index (χ2n) is 4.79. The minimum Gasteiger partial charge on any atom is -0.339 e. The Hall–Kier alpha value is -0.280. The number of likely N-dealkylation sites (tertiary alicyclic amines) is 1. The van der Waals surface area contributed by atoms with Crippen molar-refractivity contribution in [3.8, 4) is 0 Å². The zero-order chi connectivity index (χ0) is 11.3. The van der Waals surface area contributed by atoms with Crippen LogP contribution in [-0.4, -0.2) is 29.9 Å². The molecule has 1 heterocycles. The third-order valence-corrected chi connectivity index (χ3v) is 3.23. The van der Waals surface area contributed by atoms with E-state index in [1.165, 1.54) is 12.8 Å². The van der Waals surface area contributed by atoms with Crippen molar-refractivity contribution in [2.75, 3.05) is 13.1 Å². The zero-order valence-electron chi connectivity index (χ0n) is 10.4. The molecule has 1 atom stereocenters. The summed E-state index contributed by atoms with van der Waals surface area (Å²) in [5.74, 6) is 0.881. The molecule has 0 radical (unpaired) electrons. The van der Waals surface area contributed by atoms with Gasteiger partial charge in [-0.05, 0) is 38.1 Å². The molecule has 1 amide bonds. The van der Waals surface area contributed by atoms with Crippen molar-refractivity contribution < 1.29 is 4.79 Å². The molecule has 1 saturated heterocycles. The van der Waals surface area contributed by atoms with Gasteiger partial charge < -0.3 is 10.6 Å². The van der Waals surface area contributed by atoms with Gasteiger partial charge in [0.1, 0.15) is 0 Å². The predicted molar refractivity (Wildman–Crippen MR) is 69.7 cm³/mol. The molecule has 1 aliphatic rings. The summed E-state index contributed by atoms with van der Waals surface area (Å²) in [4.78, 5) is 14.0. The van der Waals surface area contributed by atoms with Crippen molar-refractivity contribution in [1.29, 1.82) is 0 Å². The number of nitrogens with zero attached hydrogens (tertiary/aromatic N) is 1. The first kappa shape index (κ1) is 15.7. The van der Waals surface area contributed by atoms with Gasteiger partial charge in [-0.15, -0.1) is 12.4 Å². The molecule has 3 nitrogen and oxygen atoms in total. The number of halogens is 1. The topological polar surface area (TPSA) is 46.3 Å². The standard InChI is InChI=1S/C12H24N2O.ClH/c1-10(2)11-6-3-4-9-14(11)12(15)7-5-8-13;/h10-11H,3-9,13H2,1-2H3;1H. The van der Waals surface area contributed by atoms with E-state index in [2.05, 4.69) is 18.7 Å². The highest BCUT2D eigenvalue weighted by molar-refractivity contribution is 5.85. The van der Waals surface area contributed by atoms with Crippen LogP contribution in [0.15, 0.2) is 0 Å². The fraction of sp³-hybridized carbons (Fsp3) is 0.917. The molecule has 0 spiro atoms. The molecule has 0 saturated carbocycles. The van der Waals surface area contributed by atoms with Crippen LogP contribution in [0.2, 0.25) is 0 Å². The van der Waals surface area contributed by atoms with Crippen molar-refractivity contribution in [1.82, 2.24) is 4.90 Å². The van der Waals surface area contributed by atoms with Crippen LogP contribution in [0.1, 0.15) is 46.0 Å². The molecule has 0 aromatic rings. The van der Waals surface area contributed by atoms with Gasteiger partial charge in [0.25, 0.3) is 0 Å². The summed E-state index contributed by atoms with van der Waals surface area (Å²) in [6, 6.07) is 0.462. The summed E-state index contributed by atoms with van der Waals surface area (Å²) in [6.07, 6.45) is 5.05. The van der Waals surface area contributed by atoms with Crippen molar-refractivity contribution in [2.45, 2.75) is 52.0 Å². The molecule has 1 aliphatic heterocycles. The minimum absolute atomic E-state index is 0. The van der Waals surface area contributed by atoms with Crippen LogP contribution in [0, 0.1) is 5.92 Å². The van der Waals surface area contributed by atoms with Crippen LogP contribution < -0.4 is 5.73 Å². The molecule has 0 aromatic heterocycles. The van der Waals surface area contributed by atoms with Gasteiger partial charge in [-0.2, -0.15) is 0 Å². The highest BCUT2D eigenvalue weighted by Crippen LogP contribution is 2.23. The first-order chi connectivity index (χ1) is 7.16. The summed E-state index contributed by atoms with van der Waals surface area (Å²) in [5.41, 5.74) is 5.43. The minimum atomic E-state index is 0. The summed E-state index contributed by atoms with van der Waals surface area (Å²) in [5, 5.41) is 0. The van der Waals surface area contributed by atoms with Gasteiger partial charge in [0, 0.05) is 19.0 Å². The van der Waals surface area contributed by atoms with E-state index in [1.54, 1.807) is 0 Å². The third-order valence-electron chi connectivity index (χ3n) is 3.23. The fourth-order valence-corrected chi connectivity index (χ4v) is 2.36. The maximum atomic E-state index is 11.9. The number of hydrogen-bond donors (Lipinski definition) is 1. The van der Waals surface area contributed by atoms with E-state index in [9.17, 15) is 4.79 Å². The van der Waals surface area contributed by atoms with E-state index < -0.39 is 0 Å². The number of hydrogen-bond acceptors (Lipinski definition) is 2. The van der Waals surface area contributed by atoms with Crippen molar-refractivity contribution in [3.63, 3.8) is 0 Å². The Bertz CT molecular complexity index is 209. The summed E-state index contributed by atoms with van der Waals surface area (Å²) in [7, 11) is 0. The van der Waals surface area contributed by atoms with Gasteiger partial charge in [0.05, 0.1) is 0 Å². The maximum absolute atomic E-state index is 11.9. The number of amides is 1. The van der Waals surface area contributed by atoms with Gasteiger partial charge >= 0.3 is 0 Å². The molecule has 0 aromatic carbocycles. The highest BCUT2D eigenvalue weighted by Gasteiger charge is 2.27. The molecule has 1 rings (SSSR count). The van der Waals surface area contributed by atoms with Gasteiger partial charge in [0.2, 0.25) is 5.91 Å². The number of carbonyl (C=O) groups is 1. The third kappa shape index (κ3) is 4.30. The lowest BCUT2D eigenvalue weighted by Crippen LogP contribution is -2.46. The molecule has 16 heavy (non-hydrogen) atoms. The van der Waals surface area contributed by atoms with Crippen molar-refractivity contribution >= 4 is 18.3 Å². The van der Waals surface area contributed by atoms with Gasteiger partial charge in [-0.25, -0.2) is 0 Å². The van der Waals surface area contributed by atoms with Crippen LogP contribution in [0.25, 0.3) is 0 Å². The average molecular weight is 249 g/mol. The second-order valence-corrected chi connectivity index (χ2v) is 4.79. The Labute approximate surface area is 105 Å². The number of rotatable bonds is 4. The Morgan fingerprint density at radius 3 is 2.69 bits per heavy atom. The van der Waals surface area contributed by atoms with E-state index in [-0.39, 0.29) is 12.4 Å². The molecule has 4 heteroatoms. The Morgan fingerprint density at radius 2 is 2.12 bits per heavy atom. The van der Waals surface area contributed by atoms with Crippen LogP contribution in [-0.2, 0) is 4.79 Å². The Kier molecular flexibility index (Phi) is 7.77. The molecule has 0 aliphatic carbocycles. The van der Waals surface area contributed by atoms with E-state index in [0.717, 1.165) is 19.4 Å². The molecule has 2 N–H and O–H groups in total. The molecule has 0 bridgehead atoms. The Morgan fingerprint density at radius 1 is 1.44 bits per heavy atom. The van der Waals surface area contributed by atoms with Crippen LogP contribution in [0.4, 0.5) is 0 Å². The molecular weight excluding hydrogens is 224 g/mol. The van der Waals surface area contributed by atoms with Gasteiger partial charge in [0.15, 0.2) is 0 Å². The quantitative estimate of drug-likeness (QED) is 0.829. The summed E-state index contributed by atoms with van der Waals surface area (Å²) < 4.78 is 0. The molecule has 1 fully saturated rings. The van der Waals surface area contributed by atoms with Gasteiger partial charge in [-0.1, -0.05) is 13.8 Å². The van der Waals surface area contributed by atoms with Gasteiger partial charge in [-0.3, -0.25) is 4.79 Å². The second kappa shape index (κ2) is 7.91. The normalized spacial score (nSPS) is 20.8. The number of nitrogens with two attached hydrogens (primary N) is 1. The van der Waals surface area contributed by atoms with Crippen molar-refractivity contribution in [3.05, 3.63) is 0 Å². The van der Waals surface area contributed by atoms with E-state index in [4.69, 9.17) is 5.73 Å². The smallest absolute Gasteiger partial charge is 0.222 e. The van der Waals surface area contributed by atoms with Crippen LogP contribution in [0.3, 0.4) is 0 Å². The van der Waals surface area contributed by atoms with Crippen LogP contribution >= 0.6 is 12.4 Å². The summed E-state index contributed by atoms with van der Waals surface area (Å²) in [6.45, 7) is 5.98. The first-order valence-corrected chi connectivity index (χ1v) is 6.16. The molecular formula is C12H25ClN2O. The number of carbonyl (C=O) groups excluding carboxylic acids is 1. The highest BCUT2D eigenvalue weighted by atomic mass is 35.5. The molecule has 96 valence electrons. The maximum Gasteiger partial charge on any atom is 0.222 e. The fourth-order valence-electron chi connectivity index (χ4n) is 2.36. The first-order valence-electron chi connectivity index (χ1n) is 6.16. The Balaban J connectivity index is 0.00000225. The average Bonchev–Trinajstić information content (AvgIpc) is 2.25. The lowest BCUT2D eigenvalue weighted by atomic mass is 9.92. The van der Waals surface area contributed by atoms with E-state index >= 15 is 0 Å². The lowest BCUT2D eigenvalue weighted by Gasteiger charge is -2.38. The van der Waals surface area contributed by atoms with E-state index in [0.29, 0.717) is 30.8 Å². The lowest BCUT2D eigenvalue weighted by molar-refractivity contribution is -0.136. The SMILES string of the molecule is CC(C)C1CCCCN1C(=O)CCCN.Cl. The zero-order valence-corrected chi connectivity index (χ0v) is 11.3. The largest absolute Gasteiger partial charge is 0.339 e. The monoisotopic (exact) mass is 248 g/mol. The van der Waals surface area contributed by atoms with Crippen molar-refractivity contribution in [2.24, 2.45) is 11.7 Å². The summed E-state index contributed by atoms with van der Waals surface area (Å²) >= 11 is 0.